The molecule has 1 aromatic heterocycles. The van der Waals surface area contributed by atoms with Crippen molar-refractivity contribution in [3.63, 3.8) is 0 Å². The molecule has 0 radical (unpaired) electrons. The van der Waals surface area contributed by atoms with Gasteiger partial charge < -0.3 is 15.8 Å². The van der Waals surface area contributed by atoms with Gasteiger partial charge in [-0.15, -0.1) is 0 Å². The first kappa shape index (κ1) is 12.2. The second-order valence-corrected chi connectivity index (χ2v) is 4.15. The number of hydrogen-bond donors (Lipinski definition) is 2. The Hall–Kier alpha value is -2.23. The summed E-state index contributed by atoms with van der Waals surface area (Å²) < 4.78 is 5.09. The number of ether oxygens (including phenoxy) is 1. The smallest absolute Gasteiger partial charge is 0.213 e. The largest absolute Gasteiger partial charge is 0.481 e. The molecule has 2 rings (SSSR count). The third-order valence-electron chi connectivity index (χ3n) is 2.70. The van der Waals surface area contributed by atoms with Crippen LogP contribution in [-0.2, 0) is 6.54 Å². The minimum atomic E-state index is 0.617. The van der Waals surface area contributed by atoms with E-state index in [2.05, 4.69) is 10.3 Å². The Morgan fingerprint density at radius 1 is 1.28 bits per heavy atom. The number of nitrogens with two attached hydrogens (primary N) is 1. The van der Waals surface area contributed by atoms with Crippen LogP contribution in [0.4, 0.5) is 11.4 Å². The molecule has 0 aliphatic carbocycles. The summed E-state index contributed by atoms with van der Waals surface area (Å²) in [6.45, 7) is 2.73. The van der Waals surface area contributed by atoms with Gasteiger partial charge in [0.25, 0.3) is 0 Å². The molecule has 4 nitrogen and oxygen atoms in total. The van der Waals surface area contributed by atoms with Gasteiger partial charge in [-0.1, -0.05) is 6.07 Å². The summed E-state index contributed by atoms with van der Waals surface area (Å²) in [7, 11) is 1.61. The van der Waals surface area contributed by atoms with Gasteiger partial charge in [0.2, 0.25) is 5.88 Å². The van der Waals surface area contributed by atoms with Crippen LogP contribution in [-0.4, -0.2) is 12.1 Å². The van der Waals surface area contributed by atoms with E-state index in [0.717, 1.165) is 16.9 Å². The molecule has 0 saturated carbocycles. The zero-order valence-electron chi connectivity index (χ0n) is 10.6. The maximum atomic E-state index is 5.91. The van der Waals surface area contributed by atoms with Crippen molar-refractivity contribution in [1.82, 2.24) is 4.98 Å². The number of nitrogen functional groups attached to an aromatic ring is 1. The normalized spacial score (nSPS) is 10.1. The minimum absolute atomic E-state index is 0.617. The molecule has 94 valence electrons. The minimum Gasteiger partial charge on any atom is -0.481 e. The molecular weight excluding hydrogens is 226 g/mol. The molecule has 0 saturated heterocycles. The van der Waals surface area contributed by atoms with Crippen molar-refractivity contribution < 1.29 is 4.74 Å². The standard InChI is InChI=1S/C14H17N3O/c1-10-3-4-12(15)13(7-10)17-9-11-5-6-16-14(8-11)18-2/h3-8,17H,9,15H2,1-2H3. The zero-order valence-corrected chi connectivity index (χ0v) is 10.6. The molecule has 0 atom stereocenters. The highest BCUT2D eigenvalue weighted by molar-refractivity contribution is 5.66. The molecular formula is C14H17N3O. The van der Waals surface area contributed by atoms with Gasteiger partial charge in [0, 0.05) is 18.8 Å². The number of benzene rings is 1. The van der Waals surface area contributed by atoms with Crippen LogP contribution in [0.15, 0.2) is 36.5 Å². The quantitative estimate of drug-likeness (QED) is 0.810. The van der Waals surface area contributed by atoms with E-state index in [9.17, 15) is 0 Å². The fraction of sp³-hybridized carbons (Fsp3) is 0.214. The first-order valence-electron chi connectivity index (χ1n) is 5.78. The van der Waals surface area contributed by atoms with Crippen LogP contribution in [0.5, 0.6) is 5.88 Å². The number of anilines is 2. The summed E-state index contributed by atoms with van der Waals surface area (Å²) in [6, 6.07) is 9.79. The van der Waals surface area contributed by atoms with Gasteiger partial charge in [-0.05, 0) is 36.2 Å². The monoisotopic (exact) mass is 243 g/mol. The Morgan fingerprint density at radius 3 is 2.89 bits per heavy atom. The van der Waals surface area contributed by atoms with Crippen molar-refractivity contribution >= 4 is 11.4 Å². The fourth-order valence-corrected chi connectivity index (χ4v) is 1.69. The molecule has 2 aromatic rings. The topological polar surface area (TPSA) is 60.2 Å². The Kier molecular flexibility index (Phi) is 3.67. The third kappa shape index (κ3) is 2.91. The lowest BCUT2D eigenvalue weighted by Crippen LogP contribution is -2.03. The highest BCUT2D eigenvalue weighted by Crippen LogP contribution is 2.20. The molecule has 4 heteroatoms. The fourth-order valence-electron chi connectivity index (χ4n) is 1.69. The van der Waals surface area contributed by atoms with E-state index in [1.54, 1.807) is 13.3 Å². The van der Waals surface area contributed by atoms with E-state index in [1.807, 2.05) is 37.3 Å². The van der Waals surface area contributed by atoms with E-state index in [1.165, 1.54) is 5.56 Å². The molecule has 1 aromatic carbocycles. The van der Waals surface area contributed by atoms with Crippen molar-refractivity contribution in [3.8, 4) is 5.88 Å². The van der Waals surface area contributed by atoms with Gasteiger partial charge >= 0.3 is 0 Å². The summed E-state index contributed by atoms with van der Waals surface area (Å²) in [5.74, 6) is 0.617. The molecule has 0 bridgehead atoms. The lowest BCUT2D eigenvalue weighted by Gasteiger charge is -2.10. The number of aryl methyl sites for hydroxylation is 1. The van der Waals surface area contributed by atoms with Gasteiger partial charge in [-0.25, -0.2) is 4.98 Å². The van der Waals surface area contributed by atoms with Crippen LogP contribution in [0, 0.1) is 6.92 Å². The third-order valence-corrected chi connectivity index (χ3v) is 2.70. The molecule has 0 fully saturated rings. The number of rotatable bonds is 4. The van der Waals surface area contributed by atoms with E-state index in [-0.39, 0.29) is 0 Å². The van der Waals surface area contributed by atoms with Gasteiger partial charge in [-0.3, -0.25) is 0 Å². The van der Waals surface area contributed by atoms with Crippen LogP contribution in [0.25, 0.3) is 0 Å². The summed E-state index contributed by atoms with van der Waals surface area (Å²) in [5, 5.41) is 3.31. The molecule has 0 aliphatic rings. The predicted molar refractivity (Wildman–Crippen MR) is 73.7 cm³/mol. The van der Waals surface area contributed by atoms with Crippen molar-refractivity contribution in [2.75, 3.05) is 18.2 Å². The number of methoxy groups -OCH3 is 1. The van der Waals surface area contributed by atoms with E-state index < -0.39 is 0 Å². The SMILES string of the molecule is COc1cc(CNc2cc(C)ccc2N)ccn1. The lowest BCUT2D eigenvalue weighted by atomic mass is 10.2. The van der Waals surface area contributed by atoms with Crippen LogP contribution in [0.3, 0.4) is 0 Å². The van der Waals surface area contributed by atoms with E-state index in [0.29, 0.717) is 12.4 Å². The number of aromatic nitrogens is 1. The van der Waals surface area contributed by atoms with Crippen molar-refractivity contribution in [2.45, 2.75) is 13.5 Å². The van der Waals surface area contributed by atoms with Crippen molar-refractivity contribution in [1.29, 1.82) is 0 Å². The van der Waals surface area contributed by atoms with Gasteiger partial charge in [0.15, 0.2) is 0 Å². The van der Waals surface area contributed by atoms with Crippen LogP contribution in [0.2, 0.25) is 0 Å². The maximum absolute atomic E-state index is 5.91. The summed E-state index contributed by atoms with van der Waals surface area (Å²) in [6.07, 6.45) is 1.73. The Bertz CT molecular complexity index is 540. The summed E-state index contributed by atoms with van der Waals surface area (Å²) >= 11 is 0. The Balaban J connectivity index is 2.08. The molecule has 0 amide bonds. The summed E-state index contributed by atoms with van der Waals surface area (Å²) in [4.78, 5) is 4.07. The van der Waals surface area contributed by atoms with Crippen LogP contribution in [0.1, 0.15) is 11.1 Å². The first-order chi connectivity index (χ1) is 8.69. The Morgan fingerprint density at radius 2 is 2.11 bits per heavy atom. The predicted octanol–water partition coefficient (Wildman–Crippen LogP) is 2.59. The van der Waals surface area contributed by atoms with Crippen molar-refractivity contribution in [3.05, 3.63) is 47.7 Å². The first-order valence-corrected chi connectivity index (χ1v) is 5.78. The van der Waals surface area contributed by atoms with Crippen molar-refractivity contribution in [2.24, 2.45) is 0 Å². The zero-order chi connectivity index (χ0) is 13.0. The molecule has 0 aliphatic heterocycles. The van der Waals surface area contributed by atoms with Gasteiger partial charge in [-0.2, -0.15) is 0 Å². The maximum Gasteiger partial charge on any atom is 0.213 e. The molecule has 3 N–H and O–H groups in total. The number of hydrogen-bond acceptors (Lipinski definition) is 4. The number of nitrogens with one attached hydrogen (secondary N) is 1. The van der Waals surface area contributed by atoms with E-state index in [4.69, 9.17) is 10.5 Å². The molecule has 0 unspecified atom stereocenters. The van der Waals surface area contributed by atoms with Crippen LogP contribution < -0.4 is 15.8 Å². The molecule has 0 spiro atoms. The Labute approximate surface area is 107 Å². The van der Waals surface area contributed by atoms with Crippen LogP contribution >= 0.6 is 0 Å². The average molecular weight is 243 g/mol. The lowest BCUT2D eigenvalue weighted by molar-refractivity contribution is 0.397. The summed E-state index contributed by atoms with van der Waals surface area (Å²) in [5.41, 5.74) is 9.89. The van der Waals surface area contributed by atoms with Gasteiger partial charge in [0.1, 0.15) is 0 Å². The highest BCUT2D eigenvalue weighted by atomic mass is 16.5. The second-order valence-electron chi connectivity index (χ2n) is 4.15. The highest BCUT2D eigenvalue weighted by Gasteiger charge is 2.00. The average Bonchev–Trinajstić information content (AvgIpc) is 2.40. The van der Waals surface area contributed by atoms with E-state index >= 15 is 0 Å². The van der Waals surface area contributed by atoms with Gasteiger partial charge in [0.05, 0.1) is 18.5 Å². The second kappa shape index (κ2) is 5.40. The number of pyridine rings is 1. The number of nitrogens with zero attached hydrogens (tertiary/aromatic N) is 1. The molecule has 1 heterocycles. The molecule has 18 heavy (non-hydrogen) atoms.